The molecule has 0 spiro atoms. The maximum absolute atomic E-state index is 13.5. The van der Waals surface area contributed by atoms with E-state index in [9.17, 15) is 9.35 Å². The summed E-state index contributed by atoms with van der Waals surface area (Å²) < 4.78 is 15.6. The normalized spacial score (nSPS) is 12.2. The van der Waals surface area contributed by atoms with Gasteiger partial charge in [-0.3, -0.25) is 14.8 Å². The van der Waals surface area contributed by atoms with Crippen LogP contribution in [0.3, 0.4) is 0 Å². The van der Waals surface area contributed by atoms with E-state index in [1.807, 2.05) is 55.5 Å². The molecule has 10 heteroatoms. The number of hydrogen-bond acceptors (Lipinski definition) is 7. The summed E-state index contributed by atoms with van der Waals surface area (Å²) in [5, 5.41) is 1.32. The van der Waals surface area contributed by atoms with Crippen LogP contribution in [0, 0.1) is 6.92 Å². The van der Waals surface area contributed by atoms with Crippen LogP contribution in [0.15, 0.2) is 95.0 Å². The summed E-state index contributed by atoms with van der Waals surface area (Å²) in [6.45, 7) is 1.92. The predicted octanol–water partition coefficient (Wildman–Crippen LogP) is 5.37. The monoisotopic (exact) mass is 552 g/mol. The van der Waals surface area contributed by atoms with E-state index in [4.69, 9.17) is 21.6 Å². The summed E-state index contributed by atoms with van der Waals surface area (Å²) in [6.07, 6.45) is 4.82. The molecule has 6 rings (SSSR count). The second-order valence-electron chi connectivity index (χ2n) is 8.89. The van der Waals surface area contributed by atoms with Crippen LogP contribution in [0.1, 0.15) is 11.3 Å². The van der Waals surface area contributed by atoms with Gasteiger partial charge in [0.05, 0.1) is 46.0 Å². The van der Waals surface area contributed by atoms with Crippen molar-refractivity contribution in [2.75, 3.05) is 0 Å². The Kier molecular flexibility index (Phi) is 6.80. The van der Waals surface area contributed by atoms with Crippen LogP contribution >= 0.6 is 11.6 Å². The van der Waals surface area contributed by atoms with Crippen LogP contribution in [0.2, 0.25) is 5.02 Å². The maximum Gasteiger partial charge on any atom is 0.214 e. The van der Waals surface area contributed by atoms with Crippen LogP contribution in [-0.4, -0.2) is 29.5 Å². The third-order valence-electron chi connectivity index (χ3n) is 6.26. The molecule has 6 aromatic rings. The van der Waals surface area contributed by atoms with E-state index in [-0.39, 0.29) is 17.5 Å². The molecule has 0 saturated heterocycles. The van der Waals surface area contributed by atoms with Gasteiger partial charge in [0.1, 0.15) is 0 Å². The van der Waals surface area contributed by atoms with Gasteiger partial charge in [-0.1, -0.05) is 48.0 Å². The van der Waals surface area contributed by atoms with Gasteiger partial charge in [0.2, 0.25) is 5.43 Å². The average molecular weight is 553 g/mol. The summed E-state index contributed by atoms with van der Waals surface area (Å²) >= 11 is 5.06. The Bertz CT molecular complexity index is 1880. The highest BCUT2D eigenvalue weighted by Crippen LogP contribution is 2.34. The van der Waals surface area contributed by atoms with Gasteiger partial charge in [-0.05, 0) is 37.3 Å². The first-order valence-corrected chi connectivity index (χ1v) is 13.6. The molecule has 192 valence electrons. The van der Waals surface area contributed by atoms with Gasteiger partial charge in [0.25, 0.3) is 0 Å². The number of hydrogen-bond donors (Lipinski definition) is 2. The Morgan fingerprint density at radius 2 is 1.77 bits per heavy atom. The van der Waals surface area contributed by atoms with Gasteiger partial charge in [-0.25, -0.2) is 9.97 Å². The first-order valence-electron chi connectivity index (χ1n) is 12.1. The molecule has 39 heavy (non-hydrogen) atoms. The lowest BCUT2D eigenvalue weighted by molar-refractivity contribution is 0.579. The lowest BCUT2D eigenvalue weighted by Crippen LogP contribution is -2.27. The van der Waals surface area contributed by atoms with E-state index in [2.05, 4.69) is 19.7 Å². The van der Waals surface area contributed by atoms with Crippen molar-refractivity contribution in [3.05, 3.63) is 112 Å². The fraction of sp³-hybridized carbons (Fsp3) is 0.0690. The molecule has 0 aliphatic rings. The standard InChI is InChI=1S/C29H21ClN6O2S/c1-17-9-10-22(16-32-17)39(38)34-15-21-14-33-29-27(28(21)37)35-26(25(36-29)18-6-3-2-4-7-18)20-12-19-8-5-11-31-24(19)23(30)13-20/h2-14,16,34H,15H2,1H3,(H,33,36,37). The third kappa shape index (κ3) is 5.00. The fourth-order valence-electron chi connectivity index (χ4n) is 4.27. The van der Waals surface area contributed by atoms with E-state index < -0.39 is 11.4 Å². The second-order valence-corrected chi connectivity index (χ2v) is 10.6. The van der Waals surface area contributed by atoms with Crippen molar-refractivity contribution >= 4 is 45.0 Å². The number of pyridine rings is 3. The molecule has 0 aliphatic carbocycles. The molecule has 0 bridgehead atoms. The van der Waals surface area contributed by atoms with Crippen molar-refractivity contribution in [1.29, 1.82) is 0 Å². The largest absolute Gasteiger partial charge is 0.593 e. The van der Waals surface area contributed by atoms with Crippen LogP contribution in [0.25, 0.3) is 44.6 Å². The van der Waals surface area contributed by atoms with E-state index in [0.717, 1.165) is 16.6 Å². The topological polar surface area (TPSA) is 120 Å². The van der Waals surface area contributed by atoms with Crippen molar-refractivity contribution < 1.29 is 4.55 Å². The van der Waals surface area contributed by atoms with Crippen molar-refractivity contribution in [2.24, 2.45) is 0 Å². The number of halogens is 1. The minimum absolute atomic E-state index is 0.0662. The second kappa shape index (κ2) is 10.5. The highest BCUT2D eigenvalue weighted by atomic mass is 35.5. The highest BCUT2D eigenvalue weighted by Gasteiger charge is 2.19. The first kappa shape index (κ1) is 25.1. The molecule has 0 aliphatic heterocycles. The summed E-state index contributed by atoms with van der Waals surface area (Å²) in [7, 11) is 0. The fourth-order valence-corrected chi connectivity index (χ4v) is 5.34. The van der Waals surface area contributed by atoms with Crippen LogP contribution in [0.4, 0.5) is 0 Å². The van der Waals surface area contributed by atoms with Crippen molar-refractivity contribution in [3.63, 3.8) is 0 Å². The number of aromatic nitrogens is 5. The number of rotatable bonds is 6. The van der Waals surface area contributed by atoms with Gasteiger partial charge in [-0.2, -0.15) is 0 Å². The SMILES string of the molecule is Cc1ccc([S+]([O-])NCc2c[nH]c3nc(-c4ccccc4)c(-c4cc(Cl)c5ncccc5c4)nc3c2=O)cn1. The number of nitrogens with zero attached hydrogens (tertiary/aromatic N) is 4. The van der Waals surface area contributed by atoms with Gasteiger partial charge in [0.15, 0.2) is 16.1 Å². The molecular weight excluding hydrogens is 532 g/mol. The quantitative estimate of drug-likeness (QED) is 0.266. The van der Waals surface area contributed by atoms with Crippen LogP contribution in [-0.2, 0) is 17.9 Å². The molecular formula is C29H21ClN6O2S. The number of benzene rings is 2. The zero-order valence-corrected chi connectivity index (χ0v) is 22.3. The summed E-state index contributed by atoms with van der Waals surface area (Å²) in [5.41, 5.74) is 4.79. The number of aryl methyl sites for hydroxylation is 1. The number of fused-ring (bicyclic) bond motifs is 2. The van der Waals surface area contributed by atoms with Gasteiger partial charge in [0, 0.05) is 40.2 Å². The molecule has 0 radical (unpaired) electrons. The molecule has 4 heterocycles. The van der Waals surface area contributed by atoms with Gasteiger partial charge < -0.3 is 9.54 Å². The molecule has 0 fully saturated rings. The molecule has 2 N–H and O–H groups in total. The van der Waals surface area contributed by atoms with Crippen LogP contribution < -0.4 is 10.2 Å². The minimum atomic E-state index is -1.53. The lowest BCUT2D eigenvalue weighted by atomic mass is 10.0. The summed E-state index contributed by atoms with van der Waals surface area (Å²) in [4.78, 5) is 35.3. The Hall–Kier alpha value is -4.15. The molecule has 1 unspecified atom stereocenters. The van der Waals surface area contributed by atoms with Crippen molar-refractivity contribution in [2.45, 2.75) is 18.4 Å². The average Bonchev–Trinajstić information content (AvgIpc) is 2.97. The smallest absolute Gasteiger partial charge is 0.214 e. The molecule has 2 aromatic carbocycles. The molecule has 4 aromatic heterocycles. The predicted molar refractivity (Wildman–Crippen MR) is 154 cm³/mol. The number of nitrogens with one attached hydrogen (secondary N) is 2. The van der Waals surface area contributed by atoms with E-state index in [0.29, 0.717) is 43.6 Å². The number of aromatic amines is 1. The summed E-state index contributed by atoms with van der Waals surface area (Å²) in [5.74, 6) is 0. The third-order valence-corrected chi connectivity index (χ3v) is 7.62. The molecule has 1 atom stereocenters. The highest BCUT2D eigenvalue weighted by molar-refractivity contribution is 7.89. The zero-order chi connectivity index (χ0) is 26.9. The maximum atomic E-state index is 13.5. The van der Waals surface area contributed by atoms with Crippen LogP contribution in [0.5, 0.6) is 0 Å². The van der Waals surface area contributed by atoms with E-state index in [1.165, 1.54) is 0 Å². The lowest BCUT2D eigenvalue weighted by Gasteiger charge is -2.13. The van der Waals surface area contributed by atoms with Crippen molar-refractivity contribution in [1.82, 2.24) is 29.6 Å². The van der Waals surface area contributed by atoms with Gasteiger partial charge in [-0.15, -0.1) is 4.72 Å². The van der Waals surface area contributed by atoms with E-state index >= 15 is 0 Å². The molecule has 0 amide bonds. The Morgan fingerprint density at radius 1 is 0.949 bits per heavy atom. The zero-order valence-electron chi connectivity index (χ0n) is 20.7. The Morgan fingerprint density at radius 3 is 2.56 bits per heavy atom. The Balaban J connectivity index is 1.45. The molecule has 8 nitrogen and oxygen atoms in total. The Labute approximate surface area is 231 Å². The molecule has 0 saturated carbocycles. The number of H-pyrrole nitrogens is 1. The minimum Gasteiger partial charge on any atom is -0.593 e. The van der Waals surface area contributed by atoms with E-state index in [1.54, 1.807) is 36.8 Å². The first-order chi connectivity index (χ1) is 19.0. The van der Waals surface area contributed by atoms with Gasteiger partial charge >= 0.3 is 0 Å². The summed E-state index contributed by atoms with van der Waals surface area (Å²) in [6, 6.07) is 20.7. The van der Waals surface area contributed by atoms with Crippen molar-refractivity contribution in [3.8, 4) is 22.5 Å².